The predicted molar refractivity (Wildman–Crippen MR) is 241 cm³/mol. The summed E-state index contributed by atoms with van der Waals surface area (Å²) >= 11 is 0. The van der Waals surface area contributed by atoms with Gasteiger partial charge in [0.25, 0.3) is 0 Å². The van der Waals surface area contributed by atoms with E-state index >= 15 is 0 Å². The summed E-state index contributed by atoms with van der Waals surface area (Å²) in [4.78, 5) is 26.0. The van der Waals surface area contributed by atoms with Crippen molar-refractivity contribution in [3.63, 3.8) is 0 Å². The van der Waals surface area contributed by atoms with Crippen molar-refractivity contribution in [2.75, 3.05) is 6.61 Å². The van der Waals surface area contributed by atoms with Gasteiger partial charge in [0.05, 0.1) is 25.2 Å². The van der Waals surface area contributed by atoms with Crippen LogP contribution in [0, 0.1) is 0 Å². The lowest BCUT2D eigenvalue weighted by atomic mass is 10.0. The molecule has 0 aliphatic heterocycles. The summed E-state index contributed by atoms with van der Waals surface area (Å²) in [5.41, 5.74) is 0. The number of unbranched alkanes of at least 4 members (excludes halogenated alkanes) is 28. The zero-order chi connectivity index (χ0) is 41.0. The molecule has 3 atom stereocenters. The Morgan fingerprint density at radius 2 is 0.964 bits per heavy atom. The van der Waals surface area contributed by atoms with Crippen molar-refractivity contribution >= 4 is 11.9 Å². The molecule has 0 saturated heterocycles. The van der Waals surface area contributed by atoms with E-state index in [0.29, 0.717) is 19.3 Å². The summed E-state index contributed by atoms with van der Waals surface area (Å²) in [6, 6.07) is -0.700. The summed E-state index contributed by atoms with van der Waals surface area (Å²) in [6.45, 7) is 6.37. The molecule has 3 N–H and O–H groups in total. The SMILES string of the molecule is CC/C=C/C/C=C/CCCCCCCC(CC(=O)NC(CO)C(O)CCCCCCCCCCCCCC)OC(=O)CCCCCCCCCCCCCCC. The van der Waals surface area contributed by atoms with E-state index in [1.54, 1.807) is 0 Å². The minimum Gasteiger partial charge on any atom is -0.462 e. The molecule has 3 unspecified atom stereocenters. The van der Waals surface area contributed by atoms with Crippen LogP contribution in [-0.4, -0.2) is 46.9 Å². The van der Waals surface area contributed by atoms with Crippen molar-refractivity contribution in [1.29, 1.82) is 0 Å². The van der Waals surface area contributed by atoms with Gasteiger partial charge in [-0.2, -0.15) is 0 Å². The van der Waals surface area contributed by atoms with Crippen molar-refractivity contribution in [3.8, 4) is 0 Å². The fourth-order valence-electron chi connectivity index (χ4n) is 7.59. The van der Waals surface area contributed by atoms with Crippen molar-refractivity contribution in [2.24, 2.45) is 0 Å². The minimum absolute atomic E-state index is 0.0729. The van der Waals surface area contributed by atoms with Crippen LogP contribution in [0.1, 0.15) is 258 Å². The molecule has 0 fully saturated rings. The molecule has 0 radical (unpaired) electrons. The second kappa shape index (κ2) is 44.4. The van der Waals surface area contributed by atoms with Crippen LogP contribution >= 0.6 is 0 Å². The molecule has 0 aliphatic carbocycles. The van der Waals surface area contributed by atoms with Gasteiger partial charge in [0.15, 0.2) is 0 Å². The van der Waals surface area contributed by atoms with Crippen LogP contribution in [0.3, 0.4) is 0 Å². The number of nitrogens with one attached hydrogen (secondary N) is 1. The van der Waals surface area contributed by atoms with Gasteiger partial charge in [-0.1, -0.05) is 218 Å². The predicted octanol–water partition coefficient (Wildman–Crippen LogP) is 14.3. The molecule has 6 heteroatoms. The maximum absolute atomic E-state index is 13.2. The number of allylic oxidation sites excluding steroid dienone is 4. The molecule has 0 aromatic heterocycles. The fraction of sp³-hybridized carbons (Fsp3) is 0.880. The Morgan fingerprint density at radius 1 is 0.536 bits per heavy atom. The number of rotatable bonds is 44. The van der Waals surface area contributed by atoms with E-state index in [-0.39, 0.29) is 24.9 Å². The van der Waals surface area contributed by atoms with Crippen molar-refractivity contribution in [3.05, 3.63) is 24.3 Å². The number of carbonyl (C=O) groups is 2. The molecule has 0 spiro atoms. The Bertz CT molecular complexity index is 889. The molecular weight excluding hydrogens is 695 g/mol. The highest BCUT2D eigenvalue weighted by Crippen LogP contribution is 2.18. The topological polar surface area (TPSA) is 95.9 Å². The third-order valence-electron chi connectivity index (χ3n) is 11.3. The molecule has 0 aromatic rings. The maximum atomic E-state index is 13.2. The molecule has 330 valence electrons. The van der Waals surface area contributed by atoms with E-state index in [2.05, 4.69) is 50.4 Å². The molecule has 0 aromatic carbocycles. The van der Waals surface area contributed by atoms with Gasteiger partial charge in [-0.05, 0) is 51.4 Å². The molecule has 0 heterocycles. The first-order valence-electron chi connectivity index (χ1n) is 24.6. The summed E-state index contributed by atoms with van der Waals surface area (Å²) in [6.07, 6.45) is 49.5. The Morgan fingerprint density at radius 3 is 1.45 bits per heavy atom. The summed E-state index contributed by atoms with van der Waals surface area (Å²) in [5.74, 6) is -0.478. The Labute approximate surface area is 348 Å². The Balaban J connectivity index is 4.56. The third-order valence-corrected chi connectivity index (χ3v) is 11.3. The number of hydrogen-bond acceptors (Lipinski definition) is 5. The average molecular weight is 790 g/mol. The Kier molecular flexibility index (Phi) is 43.1. The van der Waals surface area contributed by atoms with E-state index in [0.717, 1.165) is 70.6 Å². The van der Waals surface area contributed by atoms with Gasteiger partial charge in [-0.25, -0.2) is 0 Å². The van der Waals surface area contributed by atoms with E-state index in [9.17, 15) is 19.8 Å². The van der Waals surface area contributed by atoms with Gasteiger partial charge < -0.3 is 20.3 Å². The van der Waals surface area contributed by atoms with Crippen LogP contribution in [0.2, 0.25) is 0 Å². The van der Waals surface area contributed by atoms with Crippen LogP contribution in [0.15, 0.2) is 24.3 Å². The largest absolute Gasteiger partial charge is 0.462 e. The van der Waals surface area contributed by atoms with Crippen LogP contribution in [0.25, 0.3) is 0 Å². The molecule has 0 rings (SSSR count). The summed E-state index contributed by atoms with van der Waals surface area (Å²) < 4.78 is 5.91. The fourth-order valence-corrected chi connectivity index (χ4v) is 7.59. The zero-order valence-electron chi connectivity index (χ0n) is 37.5. The van der Waals surface area contributed by atoms with Crippen molar-refractivity contribution in [1.82, 2.24) is 5.32 Å². The highest BCUT2D eigenvalue weighted by molar-refractivity contribution is 5.77. The Hall–Kier alpha value is -1.66. The quantitative estimate of drug-likeness (QED) is 0.0324. The number of hydrogen-bond donors (Lipinski definition) is 3. The number of esters is 1. The van der Waals surface area contributed by atoms with Crippen molar-refractivity contribution < 1.29 is 24.5 Å². The zero-order valence-corrected chi connectivity index (χ0v) is 37.5. The van der Waals surface area contributed by atoms with E-state index in [1.807, 2.05) is 0 Å². The first-order valence-corrected chi connectivity index (χ1v) is 24.6. The number of amides is 1. The highest BCUT2D eigenvalue weighted by atomic mass is 16.5. The van der Waals surface area contributed by atoms with E-state index in [1.165, 1.54) is 141 Å². The summed E-state index contributed by atoms with van der Waals surface area (Å²) in [5, 5.41) is 23.7. The van der Waals surface area contributed by atoms with Gasteiger partial charge >= 0.3 is 5.97 Å². The number of aliphatic hydroxyl groups is 2. The summed E-state index contributed by atoms with van der Waals surface area (Å²) in [7, 11) is 0. The van der Waals surface area contributed by atoms with E-state index < -0.39 is 18.2 Å². The van der Waals surface area contributed by atoms with Crippen molar-refractivity contribution in [2.45, 2.75) is 277 Å². The van der Waals surface area contributed by atoms with Gasteiger partial charge in [-0.15, -0.1) is 0 Å². The molecule has 1 amide bonds. The van der Waals surface area contributed by atoms with Crippen LogP contribution < -0.4 is 5.32 Å². The van der Waals surface area contributed by atoms with Gasteiger partial charge in [0.1, 0.15) is 6.10 Å². The molecule has 56 heavy (non-hydrogen) atoms. The van der Waals surface area contributed by atoms with Gasteiger partial charge in [0.2, 0.25) is 5.91 Å². The minimum atomic E-state index is -0.786. The second-order valence-corrected chi connectivity index (χ2v) is 16.8. The lowest BCUT2D eigenvalue weighted by Gasteiger charge is -2.24. The maximum Gasteiger partial charge on any atom is 0.306 e. The lowest BCUT2D eigenvalue weighted by molar-refractivity contribution is -0.151. The molecule has 6 nitrogen and oxygen atoms in total. The van der Waals surface area contributed by atoms with Gasteiger partial charge in [0, 0.05) is 6.42 Å². The first kappa shape index (κ1) is 54.3. The average Bonchev–Trinajstić information content (AvgIpc) is 3.19. The van der Waals surface area contributed by atoms with Crippen LogP contribution in [0.5, 0.6) is 0 Å². The first-order chi connectivity index (χ1) is 27.5. The van der Waals surface area contributed by atoms with Gasteiger partial charge in [-0.3, -0.25) is 9.59 Å². The molecule has 0 aliphatic rings. The number of aliphatic hydroxyl groups excluding tert-OH is 2. The monoisotopic (exact) mass is 790 g/mol. The second-order valence-electron chi connectivity index (χ2n) is 16.8. The molecular formula is C50H95NO5. The highest BCUT2D eigenvalue weighted by Gasteiger charge is 2.24. The molecule has 0 saturated carbocycles. The standard InChI is InChI=1S/C50H95NO5/c1-4-7-10-13-16-19-22-25-28-31-34-37-40-43-50(55)56-46(41-38-35-32-29-26-23-20-17-14-11-8-5-2)44-49(54)51-47(45-52)48(53)42-39-36-33-30-27-24-21-18-15-12-9-6-3/h8,11,17,20,46-48,52-53H,4-7,9-10,12-16,18-19,21-45H2,1-3H3,(H,51,54)/b11-8+,20-17+. The van der Waals surface area contributed by atoms with E-state index in [4.69, 9.17) is 4.74 Å². The number of ether oxygens (including phenoxy) is 1. The number of carbonyl (C=O) groups excluding carboxylic acids is 2. The lowest BCUT2D eigenvalue weighted by Crippen LogP contribution is -2.46. The smallest absolute Gasteiger partial charge is 0.306 e. The third kappa shape index (κ3) is 39.2. The normalized spacial score (nSPS) is 13.4. The van der Waals surface area contributed by atoms with Crippen LogP contribution in [-0.2, 0) is 14.3 Å². The van der Waals surface area contributed by atoms with Crippen LogP contribution in [0.4, 0.5) is 0 Å². The molecule has 0 bridgehead atoms.